The molecule has 0 amide bonds. The Bertz CT molecular complexity index is 288. The summed E-state index contributed by atoms with van der Waals surface area (Å²) in [4.78, 5) is 5.01. The number of nitrogens with one attached hydrogen (secondary N) is 1. The molecule has 2 heterocycles. The number of aliphatic hydroxyl groups is 1. The summed E-state index contributed by atoms with van der Waals surface area (Å²) in [6, 6.07) is 5.97. The second-order valence-corrected chi connectivity index (χ2v) is 2.15. The van der Waals surface area contributed by atoms with Gasteiger partial charge in [-0.15, -0.1) is 0 Å². The molecular formula is C7H8N2O2. The van der Waals surface area contributed by atoms with Gasteiger partial charge in [-0.05, 0) is 12.1 Å². The van der Waals surface area contributed by atoms with Crippen LogP contribution >= 0.6 is 0 Å². The third-order valence-corrected chi connectivity index (χ3v) is 1.64. The van der Waals surface area contributed by atoms with Crippen molar-refractivity contribution in [2.24, 2.45) is 0 Å². The molecule has 0 aromatic heterocycles. The maximum atomic E-state index is 7.00. The van der Waals surface area contributed by atoms with E-state index in [1.807, 2.05) is 23.2 Å². The highest BCUT2D eigenvalue weighted by molar-refractivity contribution is 5.97. The summed E-state index contributed by atoms with van der Waals surface area (Å²) in [5.74, 6) is 0.938. The largest absolute Gasteiger partial charge is 0.400 e. The van der Waals surface area contributed by atoms with E-state index in [1.54, 1.807) is 0 Å². The van der Waals surface area contributed by atoms with Crippen molar-refractivity contribution in [3.8, 4) is 5.75 Å². The summed E-state index contributed by atoms with van der Waals surface area (Å²) in [5, 5.41) is 8.91. The summed E-state index contributed by atoms with van der Waals surface area (Å²) in [5.41, 5.74) is 5.16. The highest BCUT2D eigenvalue weighted by Crippen LogP contribution is 2.55. The van der Waals surface area contributed by atoms with Crippen molar-refractivity contribution < 1.29 is 9.94 Å². The lowest BCUT2D eigenvalue weighted by atomic mass is 10.3. The van der Waals surface area contributed by atoms with Gasteiger partial charge in [0.25, 0.3) is 0 Å². The van der Waals surface area contributed by atoms with Crippen LogP contribution in [-0.2, 0) is 0 Å². The molecule has 0 spiro atoms. The molecule has 4 heteroatoms. The van der Waals surface area contributed by atoms with Gasteiger partial charge in [0.05, 0.1) is 5.69 Å². The quantitative estimate of drug-likeness (QED) is 0.533. The predicted molar refractivity (Wildman–Crippen MR) is 40.5 cm³/mol. The van der Waals surface area contributed by atoms with E-state index in [2.05, 4.69) is 5.59 Å². The van der Waals surface area contributed by atoms with Crippen LogP contribution in [0, 0.1) is 0 Å². The van der Waals surface area contributed by atoms with E-state index in [-0.39, 0.29) is 0 Å². The molecule has 0 radical (unpaired) electrons. The van der Waals surface area contributed by atoms with E-state index >= 15 is 0 Å². The van der Waals surface area contributed by atoms with Gasteiger partial charge in [-0.2, -0.15) is 0 Å². The molecule has 1 aromatic rings. The van der Waals surface area contributed by atoms with E-state index in [1.165, 1.54) is 11.4 Å². The predicted octanol–water partition coefficient (Wildman–Crippen LogP) is 0.559. The van der Waals surface area contributed by atoms with E-state index in [0.717, 1.165) is 12.9 Å². The smallest absolute Gasteiger partial charge is 0.177 e. The van der Waals surface area contributed by atoms with Crippen LogP contribution in [0.15, 0.2) is 18.2 Å². The lowest BCUT2D eigenvalue weighted by Crippen LogP contribution is -2.21. The van der Waals surface area contributed by atoms with Crippen LogP contribution in [0.1, 0.15) is 0 Å². The van der Waals surface area contributed by atoms with E-state index in [4.69, 9.17) is 9.94 Å². The maximum Gasteiger partial charge on any atom is 0.177 e. The number of nitrogens with zero attached hydrogens (tertiary/aromatic N) is 1. The fourth-order valence-electron chi connectivity index (χ4n) is 1.15. The summed E-state index contributed by atoms with van der Waals surface area (Å²) < 4.78 is 0. The van der Waals surface area contributed by atoms with Crippen LogP contribution < -0.4 is 15.4 Å². The van der Waals surface area contributed by atoms with Crippen molar-refractivity contribution in [3.05, 3.63) is 18.2 Å². The first-order valence-electron chi connectivity index (χ1n) is 3.27. The summed E-state index contributed by atoms with van der Waals surface area (Å²) in [6.07, 6.45) is 0. The Labute approximate surface area is 63.9 Å². The Morgan fingerprint density at radius 1 is 1.45 bits per heavy atom. The molecule has 0 bridgehead atoms. The molecule has 58 valence electrons. The highest BCUT2D eigenvalue weighted by atomic mass is 16.7. The molecular weight excluding hydrogens is 144 g/mol. The number of rotatable bonds is 0. The molecule has 2 aliphatic heterocycles. The van der Waals surface area contributed by atoms with Crippen molar-refractivity contribution >= 4 is 11.4 Å². The van der Waals surface area contributed by atoms with Gasteiger partial charge < -0.3 is 9.94 Å². The normalized spacial score (nSPS) is 14.5. The fourth-order valence-corrected chi connectivity index (χ4v) is 1.15. The Balaban J connectivity index is 0.000000224. The van der Waals surface area contributed by atoms with Crippen molar-refractivity contribution in [1.29, 1.82) is 0 Å². The third kappa shape index (κ3) is 0.704. The second kappa shape index (κ2) is 2.11. The summed E-state index contributed by atoms with van der Waals surface area (Å²) in [6.45, 7) is 0. The molecule has 0 unspecified atom stereocenters. The highest BCUT2D eigenvalue weighted by Gasteiger charge is 2.39. The Kier molecular flexibility index (Phi) is 1.24. The first-order valence-corrected chi connectivity index (χ1v) is 3.27. The molecule has 0 saturated heterocycles. The average Bonchev–Trinajstić information content (AvgIpc) is 2.58. The first-order chi connectivity index (χ1) is 5.47. The van der Waals surface area contributed by atoms with Gasteiger partial charge in [0.1, 0.15) is 5.69 Å². The minimum absolute atomic E-state index is 0.938. The fraction of sp³-hybridized carbons (Fsp3) is 0.143. The number of hydrazine groups is 1. The van der Waals surface area contributed by atoms with Crippen molar-refractivity contribution in [2.45, 2.75) is 0 Å². The van der Waals surface area contributed by atoms with Crippen molar-refractivity contribution in [1.82, 2.24) is 5.59 Å². The van der Waals surface area contributed by atoms with Gasteiger partial charge in [0.2, 0.25) is 0 Å². The molecule has 4 nitrogen and oxygen atoms in total. The minimum atomic E-state index is 0.938. The van der Waals surface area contributed by atoms with Crippen LogP contribution in [0.5, 0.6) is 5.75 Å². The molecule has 0 fully saturated rings. The maximum absolute atomic E-state index is 7.00. The zero-order valence-electron chi connectivity index (χ0n) is 6.03. The van der Waals surface area contributed by atoms with Gasteiger partial charge in [-0.1, -0.05) is 11.7 Å². The van der Waals surface area contributed by atoms with Crippen LogP contribution in [0.4, 0.5) is 11.4 Å². The van der Waals surface area contributed by atoms with E-state index in [9.17, 15) is 0 Å². The molecule has 0 aliphatic carbocycles. The number of hydrogen-bond donors (Lipinski definition) is 2. The van der Waals surface area contributed by atoms with Gasteiger partial charge >= 0.3 is 0 Å². The van der Waals surface area contributed by atoms with E-state index < -0.39 is 0 Å². The average molecular weight is 152 g/mol. The van der Waals surface area contributed by atoms with E-state index in [0.29, 0.717) is 0 Å². The minimum Gasteiger partial charge on any atom is -0.400 e. The third-order valence-electron chi connectivity index (χ3n) is 1.64. The Hall–Kier alpha value is -1.26. The van der Waals surface area contributed by atoms with Crippen LogP contribution in [0.2, 0.25) is 0 Å². The monoisotopic (exact) mass is 152 g/mol. The topological polar surface area (TPSA) is 44.5 Å². The molecule has 1 aromatic carbocycles. The molecule has 0 saturated carbocycles. The van der Waals surface area contributed by atoms with Crippen LogP contribution in [0.3, 0.4) is 0 Å². The van der Waals surface area contributed by atoms with Gasteiger partial charge in [0, 0.05) is 7.11 Å². The first kappa shape index (κ1) is 6.45. The zero-order chi connectivity index (χ0) is 7.84. The standard InChI is InChI=1S/C6H4N2O.CH4O/c1-2-4-6-5(3-1)9-7-8(4)6;1-2/h1-3,7H;2H,1H3. The van der Waals surface area contributed by atoms with Gasteiger partial charge in [-0.25, -0.2) is 5.01 Å². The number of para-hydroxylation sites is 1. The number of anilines is 2. The van der Waals surface area contributed by atoms with Gasteiger partial charge in [0.15, 0.2) is 5.75 Å². The number of aliphatic hydroxyl groups excluding tert-OH is 1. The molecule has 11 heavy (non-hydrogen) atoms. The second-order valence-electron chi connectivity index (χ2n) is 2.15. The van der Waals surface area contributed by atoms with Crippen molar-refractivity contribution in [2.75, 3.05) is 12.1 Å². The molecule has 2 N–H and O–H groups in total. The zero-order valence-corrected chi connectivity index (χ0v) is 6.03. The number of benzene rings is 1. The lowest BCUT2D eigenvalue weighted by molar-refractivity contribution is 0.227. The van der Waals surface area contributed by atoms with Gasteiger partial charge in [-0.3, -0.25) is 0 Å². The SMILES string of the molecule is CO.c1cc2c3c(c1)N3NO2. The van der Waals surface area contributed by atoms with Crippen LogP contribution in [0.25, 0.3) is 0 Å². The Morgan fingerprint density at radius 3 is 2.91 bits per heavy atom. The summed E-state index contributed by atoms with van der Waals surface area (Å²) in [7, 11) is 1.00. The molecule has 2 aliphatic rings. The lowest BCUT2D eigenvalue weighted by Gasteiger charge is -1.98. The van der Waals surface area contributed by atoms with Crippen molar-refractivity contribution in [3.63, 3.8) is 0 Å². The molecule has 3 rings (SSSR count). The number of hydrogen-bond acceptors (Lipinski definition) is 4. The molecule has 0 atom stereocenters. The summed E-state index contributed by atoms with van der Waals surface area (Å²) >= 11 is 0. The van der Waals surface area contributed by atoms with Crippen LogP contribution in [-0.4, -0.2) is 12.2 Å². The Morgan fingerprint density at radius 2 is 2.27 bits per heavy atom. The number of fused-ring (bicyclic) bond motifs is 1.